The van der Waals surface area contributed by atoms with E-state index in [1.54, 1.807) is 19.2 Å². The second-order valence-electron chi connectivity index (χ2n) is 7.20. The van der Waals surface area contributed by atoms with Crippen LogP contribution in [0.25, 0.3) is 32.6 Å². The minimum atomic E-state index is -0.119. The Balaban J connectivity index is 1.57. The molecule has 0 radical (unpaired) electrons. The number of Topliss-reactive ketones (excluding diaryl/α,β-unsaturated/α-hetero) is 1. The van der Waals surface area contributed by atoms with Gasteiger partial charge >= 0.3 is 0 Å². The van der Waals surface area contributed by atoms with Crippen molar-refractivity contribution in [1.29, 1.82) is 0 Å². The molecule has 0 amide bonds. The minimum absolute atomic E-state index is 0.00201. The van der Waals surface area contributed by atoms with E-state index in [0.29, 0.717) is 5.56 Å². The standard InChI is InChI=1S/C25H19NO3/c1-29-17-9-6-15(7-10-17)12-23(27)21-13-16-8-11-19-18-4-2-3-5-22(18)26-25(19)20(16)14-24(21)28/h2-11,13-14,26,28H,12H2,1H3. The first kappa shape index (κ1) is 17.3. The SMILES string of the molecule is COc1ccc(CC(=O)c2cc3ccc4c5ccccc5[nH]c4c3cc2O)cc1. The Labute approximate surface area is 167 Å². The van der Waals surface area contributed by atoms with Crippen LogP contribution in [0.4, 0.5) is 0 Å². The highest BCUT2D eigenvalue weighted by Crippen LogP contribution is 2.34. The van der Waals surface area contributed by atoms with Gasteiger partial charge in [0.2, 0.25) is 0 Å². The Bertz CT molecular complexity index is 1380. The largest absolute Gasteiger partial charge is 0.507 e. The third-order valence-corrected chi connectivity index (χ3v) is 5.44. The van der Waals surface area contributed by atoms with E-state index in [0.717, 1.165) is 43.9 Å². The summed E-state index contributed by atoms with van der Waals surface area (Å²) in [6.45, 7) is 0. The van der Waals surface area contributed by atoms with E-state index in [-0.39, 0.29) is 18.0 Å². The third-order valence-electron chi connectivity index (χ3n) is 5.44. The molecule has 0 bridgehead atoms. The van der Waals surface area contributed by atoms with Crippen LogP contribution in [0.15, 0.2) is 72.8 Å². The lowest BCUT2D eigenvalue weighted by molar-refractivity contribution is 0.0990. The highest BCUT2D eigenvalue weighted by Gasteiger charge is 2.15. The van der Waals surface area contributed by atoms with Crippen LogP contribution in [0.3, 0.4) is 0 Å². The zero-order chi connectivity index (χ0) is 20.0. The number of aromatic hydroxyl groups is 1. The molecule has 0 spiro atoms. The fraction of sp³-hybridized carbons (Fsp3) is 0.0800. The van der Waals surface area contributed by atoms with Crippen molar-refractivity contribution in [1.82, 2.24) is 4.98 Å². The summed E-state index contributed by atoms with van der Waals surface area (Å²) in [5, 5.41) is 14.7. The number of hydrogen-bond donors (Lipinski definition) is 2. The summed E-state index contributed by atoms with van der Waals surface area (Å²) in [5.74, 6) is 0.630. The summed E-state index contributed by atoms with van der Waals surface area (Å²) in [6.07, 6.45) is 0.220. The Morgan fingerprint density at radius 3 is 2.52 bits per heavy atom. The zero-order valence-corrected chi connectivity index (χ0v) is 15.9. The highest BCUT2D eigenvalue weighted by molar-refractivity contribution is 6.18. The summed E-state index contributed by atoms with van der Waals surface area (Å²) < 4.78 is 5.16. The topological polar surface area (TPSA) is 62.3 Å². The number of fused-ring (bicyclic) bond motifs is 5. The molecule has 0 saturated heterocycles. The van der Waals surface area contributed by atoms with Gasteiger partial charge < -0.3 is 14.8 Å². The summed E-state index contributed by atoms with van der Waals surface area (Å²) >= 11 is 0. The summed E-state index contributed by atoms with van der Waals surface area (Å²) in [5.41, 5.74) is 3.23. The number of aromatic amines is 1. The molecule has 142 valence electrons. The molecule has 1 aromatic heterocycles. The molecular formula is C25H19NO3. The number of rotatable bonds is 4. The van der Waals surface area contributed by atoms with Crippen molar-refractivity contribution in [2.24, 2.45) is 0 Å². The number of ketones is 1. The number of carbonyl (C=O) groups excluding carboxylic acids is 1. The average Bonchev–Trinajstić information content (AvgIpc) is 3.13. The molecule has 1 heterocycles. The molecule has 5 aromatic rings. The van der Waals surface area contributed by atoms with E-state index in [9.17, 15) is 9.90 Å². The molecule has 0 fully saturated rings. The lowest BCUT2D eigenvalue weighted by Crippen LogP contribution is -2.04. The van der Waals surface area contributed by atoms with E-state index in [4.69, 9.17) is 4.74 Å². The maximum atomic E-state index is 12.8. The van der Waals surface area contributed by atoms with Gasteiger partial charge in [-0.05, 0) is 41.3 Å². The number of para-hydroxylation sites is 1. The third kappa shape index (κ3) is 2.90. The predicted molar refractivity (Wildman–Crippen MR) is 116 cm³/mol. The molecule has 0 atom stereocenters. The zero-order valence-electron chi connectivity index (χ0n) is 15.9. The molecule has 4 aromatic carbocycles. The van der Waals surface area contributed by atoms with Gasteiger partial charge in [0, 0.05) is 28.1 Å². The fourth-order valence-corrected chi connectivity index (χ4v) is 3.93. The predicted octanol–water partition coefficient (Wildman–Crippen LogP) is 5.61. The van der Waals surface area contributed by atoms with Crippen LogP contribution in [-0.2, 0) is 6.42 Å². The smallest absolute Gasteiger partial charge is 0.170 e. The van der Waals surface area contributed by atoms with Gasteiger partial charge in [0.25, 0.3) is 0 Å². The normalized spacial score (nSPS) is 11.3. The molecule has 0 aliphatic carbocycles. The van der Waals surface area contributed by atoms with Crippen molar-refractivity contribution >= 4 is 38.4 Å². The molecular weight excluding hydrogens is 362 g/mol. The minimum Gasteiger partial charge on any atom is -0.507 e. The molecule has 0 aliphatic rings. The van der Waals surface area contributed by atoms with Crippen LogP contribution in [-0.4, -0.2) is 23.0 Å². The highest BCUT2D eigenvalue weighted by atomic mass is 16.5. The second-order valence-corrected chi connectivity index (χ2v) is 7.20. The van der Waals surface area contributed by atoms with Crippen molar-refractivity contribution in [2.75, 3.05) is 7.11 Å². The van der Waals surface area contributed by atoms with E-state index in [1.165, 1.54) is 0 Å². The fourth-order valence-electron chi connectivity index (χ4n) is 3.93. The molecule has 0 aliphatic heterocycles. The van der Waals surface area contributed by atoms with Crippen molar-refractivity contribution in [3.63, 3.8) is 0 Å². The van der Waals surface area contributed by atoms with Gasteiger partial charge in [-0.3, -0.25) is 4.79 Å². The molecule has 2 N–H and O–H groups in total. The number of nitrogens with one attached hydrogen (secondary N) is 1. The summed E-state index contributed by atoms with van der Waals surface area (Å²) in [6, 6.07) is 23.0. The maximum absolute atomic E-state index is 12.8. The quantitative estimate of drug-likeness (QED) is 0.398. The monoisotopic (exact) mass is 381 g/mol. The number of H-pyrrole nitrogens is 1. The number of aromatic nitrogens is 1. The number of hydrogen-bond acceptors (Lipinski definition) is 3. The van der Waals surface area contributed by atoms with Crippen LogP contribution in [0.5, 0.6) is 11.5 Å². The number of carbonyl (C=O) groups is 1. The lowest BCUT2D eigenvalue weighted by Gasteiger charge is -2.08. The number of phenols is 1. The average molecular weight is 381 g/mol. The van der Waals surface area contributed by atoms with Crippen LogP contribution >= 0.6 is 0 Å². The lowest BCUT2D eigenvalue weighted by atomic mass is 9.97. The van der Waals surface area contributed by atoms with E-state index in [1.807, 2.05) is 48.5 Å². The molecule has 0 unspecified atom stereocenters. The first-order valence-corrected chi connectivity index (χ1v) is 9.46. The van der Waals surface area contributed by atoms with Crippen molar-refractivity contribution in [2.45, 2.75) is 6.42 Å². The van der Waals surface area contributed by atoms with Crippen LogP contribution < -0.4 is 4.74 Å². The Morgan fingerprint density at radius 2 is 1.72 bits per heavy atom. The van der Waals surface area contributed by atoms with E-state index >= 15 is 0 Å². The van der Waals surface area contributed by atoms with Crippen molar-refractivity contribution in [3.05, 3.63) is 83.9 Å². The number of ether oxygens (including phenoxy) is 1. The summed E-state index contributed by atoms with van der Waals surface area (Å²) in [4.78, 5) is 16.3. The van der Waals surface area contributed by atoms with Gasteiger partial charge in [-0.1, -0.05) is 42.5 Å². The van der Waals surface area contributed by atoms with E-state index in [2.05, 4.69) is 17.1 Å². The molecule has 4 heteroatoms. The Morgan fingerprint density at radius 1 is 0.931 bits per heavy atom. The van der Waals surface area contributed by atoms with Gasteiger partial charge in [-0.2, -0.15) is 0 Å². The van der Waals surface area contributed by atoms with Crippen molar-refractivity contribution < 1.29 is 14.6 Å². The van der Waals surface area contributed by atoms with E-state index < -0.39 is 0 Å². The number of benzene rings is 4. The molecule has 0 saturated carbocycles. The summed E-state index contributed by atoms with van der Waals surface area (Å²) in [7, 11) is 1.61. The molecule has 29 heavy (non-hydrogen) atoms. The van der Waals surface area contributed by atoms with Gasteiger partial charge in [0.15, 0.2) is 5.78 Å². The van der Waals surface area contributed by atoms with Gasteiger partial charge in [0.05, 0.1) is 18.2 Å². The number of phenolic OH excluding ortho intramolecular Hbond substituents is 1. The number of methoxy groups -OCH3 is 1. The Hall–Kier alpha value is -3.79. The van der Waals surface area contributed by atoms with Crippen molar-refractivity contribution in [3.8, 4) is 11.5 Å². The van der Waals surface area contributed by atoms with Gasteiger partial charge in [-0.15, -0.1) is 0 Å². The first-order chi connectivity index (χ1) is 14.1. The van der Waals surface area contributed by atoms with Crippen LogP contribution in [0.1, 0.15) is 15.9 Å². The molecule has 4 nitrogen and oxygen atoms in total. The Kier molecular flexibility index (Phi) is 3.98. The van der Waals surface area contributed by atoms with Crippen LogP contribution in [0.2, 0.25) is 0 Å². The van der Waals surface area contributed by atoms with Gasteiger partial charge in [-0.25, -0.2) is 0 Å². The maximum Gasteiger partial charge on any atom is 0.170 e. The molecule has 5 rings (SSSR count). The van der Waals surface area contributed by atoms with Crippen LogP contribution in [0, 0.1) is 0 Å². The first-order valence-electron chi connectivity index (χ1n) is 9.46. The second kappa shape index (κ2) is 6.67. The van der Waals surface area contributed by atoms with Gasteiger partial charge in [0.1, 0.15) is 11.5 Å².